The minimum absolute atomic E-state index is 0.00947. The van der Waals surface area contributed by atoms with Crippen molar-refractivity contribution in [2.24, 2.45) is 0 Å². The Hall–Kier alpha value is -2.59. The molecular weight excluding hydrogens is 238 g/mol. The van der Waals surface area contributed by atoms with Crippen LogP contribution in [0.1, 0.15) is 23.2 Å². The topological polar surface area (TPSA) is 67.9 Å². The maximum absolute atomic E-state index is 12.1. The van der Waals surface area contributed by atoms with Crippen LogP contribution in [0.4, 0.5) is 0 Å². The van der Waals surface area contributed by atoms with Gasteiger partial charge in [0.15, 0.2) is 5.78 Å². The van der Waals surface area contributed by atoms with E-state index in [2.05, 4.69) is 0 Å². The van der Waals surface area contributed by atoms with Gasteiger partial charge in [-0.25, -0.2) is 0 Å². The second kappa shape index (κ2) is 5.84. The molecule has 1 heterocycles. The Morgan fingerprint density at radius 2 is 1.89 bits per heavy atom. The number of nitriles is 2. The van der Waals surface area contributed by atoms with Gasteiger partial charge in [-0.1, -0.05) is 30.3 Å². The lowest BCUT2D eigenvalue weighted by molar-refractivity contribution is 0.0956. The van der Waals surface area contributed by atoms with Crippen molar-refractivity contribution in [3.8, 4) is 12.1 Å². The number of hydrogen-bond donors (Lipinski definition) is 0. The first-order chi connectivity index (χ1) is 9.26. The lowest BCUT2D eigenvalue weighted by atomic mass is 10.1. The van der Waals surface area contributed by atoms with E-state index in [1.165, 1.54) is 0 Å². The summed E-state index contributed by atoms with van der Waals surface area (Å²) in [5, 5.41) is 17.8. The standard InChI is InChI=1S/C15H13N3O/c16-9-13(10-17)14-7-4-8-18(14)11-15(19)12-5-2-1-3-6-12/h1-3,5-6H,4,7-8,11H2. The number of carbonyl (C=O) groups is 1. The van der Waals surface area contributed by atoms with Crippen LogP contribution < -0.4 is 0 Å². The highest BCUT2D eigenvalue weighted by Crippen LogP contribution is 2.24. The Balaban J connectivity index is 2.16. The predicted molar refractivity (Wildman–Crippen MR) is 69.8 cm³/mol. The maximum Gasteiger partial charge on any atom is 0.182 e. The lowest BCUT2D eigenvalue weighted by Gasteiger charge is -2.19. The van der Waals surface area contributed by atoms with Gasteiger partial charge in [-0.15, -0.1) is 0 Å². The number of nitrogens with zero attached hydrogens (tertiary/aromatic N) is 3. The molecule has 1 aliphatic rings. The number of ketones is 1. The summed E-state index contributed by atoms with van der Waals surface area (Å²) in [5.74, 6) is 0.00947. The molecule has 1 aromatic rings. The first-order valence-corrected chi connectivity index (χ1v) is 6.13. The molecule has 0 amide bonds. The van der Waals surface area contributed by atoms with Crippen molar-refractivity contribution in [3.05, 3.63) is 47.2 Å². The molecule has 1 saturated heterocycles. The third-order valence-electron chi connectivity index (χ3n) is 3.17. The summed E-state index contributed by atoms with van der Waals surface area (Å²) in [7, 11) is 0. The van der Waals surface area contributed by atoms with E-state index in [9.17, 15) is 4.79 Å². The highest BCUT2D eigenvalue weighted by atomic mass is 16.1. The molecule has 0 unspecified atom stereocenters. The second-order valence-corrected chi connectivity index (χ2v) is 4.36. The maximum atomic E-state index is 12.1. The zero-order chi connectivity index (χ0) is 13.7. The molecule has 0 atom stereocenters. The van der Waals surface area contributed by atoms with Crippen LogP contribution in [0.3, 0.4) is 0 Å². The Bertz CT molecular complexity index is 574. The Kier molecular flexibility index (Phi) is 3.95. The van der Waals surface area contributed by atoms with Crippen molar-refractivity contribution in [1.82, 2.24) is 4.90 Å². The first kappa shape index (κ1) is 12.9. The van der Waals surface area contributed by atoms with Crippen molar-refractivity contribution in [1.29, 1.82) is 10.5 Å². The van der Waals surface area contributed by atoms with Crippen LogP contribution in [0.25, 0.3) is 0 Å². The van der Waals surface area contributed by atoms with E-state index >= 15 is 0 Å². The van der Waals surface area contributed by atoms with Gasteiger partial charge in [-0.05, 0) is 12.8 Å². The summed E-state index contributed by atoms with van der Waals surface area (Å²) in [6.45, 7) is 0.951. The Labute approximate surface area is 112 Å². The summed E-state index contributed by atoms with van der Waals surface area (Å²) in [4.78, 5) is 14.0. The molecular formula is C15H13N3O. The van der Waals surface area contributed by atoms with E-state index in [1.54, 1.807) is 12.1 Å². The van der Waals surface area contributed by atoms with Crippen molar-refractivity contribution in [3.63, 3.8) is 0 Å². The number of hydrogen-bond acceptors (Lipinski definition) is 4. The monoisotopic (exact) mass is 251 g/mol. The van der Waals surface area contributed by atoms with Crippen LogP contribution in [-0.4, -0.2) is 23.8 Å². The van der Waals surface area contributed by atoms with E-state index < -0.39 is 0 Å². The molecule has 0 aromatic heterocycles. The summed E-state index contributed by atoms with van der Waals surface area (Å²) in [6.07, 6.45) is 1.57. The summed E-state index contributed by atoms with van der Waals surface area (Å²) < 4.78 is 0. The van der Waals surface area contributed by atoms with Crippen molar-refractivity contribution >= 4 is 5.78 Å². The number of Topliss-reactive ketones (excluding diaryl/α,β-unsaturated/α-hetero) is 1. The summed E-state index contributed by atoms with van der Waals surface area (Å²) in [5.41, 5.74) is 1.48. The highest BCUT2D eigenvalue weighted by molar-refractivity contribution is 5.97. The van der Waals surface area contributed by atoms with Crippen LogP contribution >= 0.6 is 0 Å². The molecule has 1 fully saturated rings. The van der Waals surface area contributed by atoms with E-state index in [1.807, 2.05) is 35.2 Å². The van der Waals surface area contributed by atoms with Gasteiger partial charge in [0.2, 0.25) is 0 Å². The fourth-order valence-electron chi connectivity index (χ4n) is 2.23. The number of benzene rings is 1. The molecule has 19 heavy (non-hydrogen) atoms. The molecule has 94 valence electrons. The van der Waals surface area contributed by atoms with Crippen LogP contribution in [0.15, 0.2) is 41.6 Å². The Morgan fingerprint density at radius 1 is 1.21 bits per heavy atom. The van der Waals surface area contributed by atoms with E-state index in [0.717, 1.165) is 13.0 Å². The van der Waals surface area contributed by atoms with Crippen molar-refractivity contribution in [2.45, 2.75) is 12.8 Å². The van der Waals surface area contributed by atoms with Crippen LogP contribution in [-0.2, 0) is 0 Å². The lowest BCUT2D eigenvalue weighted by Crippen LogP contribution is -2.26. The predicted octanol–water partition coefficient (Wildman–Crippen LogP) is 2.27. The molecule has 1 aromatic carbocycles. The van der Waals surface area contributed by atoms with Gasteiger partial charge in [0.25, 0.3) is 0 Å². The fourth-order valence-corrected chi connectivity index (χ4v) is 2.23. The van der Waals surface area contributed by atoms with Crippen molar-refractivity contribution in [2.75, 3.05) is 13.1 Å². The van der Waals surface area contributed by atoms with Gasteiger partial charge < -0.3 is 4.90 Å². The molecule has 4 heteroatoms. The average Bonchev–Trinajstić information content (AvgIpc) is 2.89. The van der Waals surface area contributed by atoms with Gasteiger partial charge in [0.1, 0.15) is 17.7 Å². The smallest absolute Gasteiger partial charge is 0.182 e. The SMILES string of the molecule is N#CC(C#N)=C1CCCN1CC(=O)c1ccccc1. The van der Waals surface area contributed by atoms with Crippen LogP contribution in [0.5, 0.6) is 0 Å². The molecule has 0 bridgehead atoms. The molecule has 0 saturated carbocycles. The minimum Gasteiger partial charge on any atom is -0.365 e. The van der Waals surface area contributed by atoms with Gasteiger partial charge in [0, 0.05) is 17.8 Å². The molecule has 2 rings (SSSR count). The number of carbonyl (C=O) groups excluding carboxylic acids is 1. The van der Waals surface area contributed by atoms with E-state index in [-0.39, 0.29) is 17.9 Å². The minimum atomic E-state index is 0.00947. The molecule has 4 nitrogen and oxygen atoms in total. The molecule has 0 N–H and O–H groups in total. The van der Waals surface area contributed by atoms with Crippen LogP contribution in [0.2, 0.25) is 0 Å². The van der Waals surface area contributed by atoms with Crippen LogP contribution in [0, 0.1) is 22.7 Å². The average molecular weight is 251 g/mol. The number of rotatable bonds is 3. The normalized spacial score (nSPS) is 13.8. The van der Waals surface area contributed by atoms with E-state index in [0.29, 0.717) is 17.7 Å². The third kappa shape index (κ3) is 2.81. The first-order valence-electron chi connectivity index (χ1n) is 6.13. The van der Waals surface area contributed by atoms with Gasteiger partial charge in [-0.2, -0.15) is 10.5 Å². The van der Waals surface area contributed by atoms with Gasteiger partial charge in [-0.3, -0.25) is 4.79 Å². The Morgan fingerprint density at radius 3 is 2.53 bits per heavy atom. The number of allylic oxidation sites excluding steroid dienone is 2. The largest absolute Gasteiger partial charge is 0.365 e. The van der Waals surface area contributed by atoms with Gasteiger partial charge in [0.05, 0.1) is 6.54 Å². The summed E-state index contributed by atoms with van der Waals surface area (Å²) >= 11 is 0. The zero-order valence-electron chi connectivity index (χ0n) is 10.5. The van der Waals surface area contributed by atoms with Gasteiger partial charge >= 0.3 is 0 Å². The zero-order valence-corrected chi connectivity index (χ0v) is 10.5. The summed E-state index contributed by atoms with van der Waals surface area (Å²) in [6, 6.07) is 12.9. The quantitative estimate of drug-likeness (QED) is 0.610. The molecule has 0 radical (unpaired) electrons. The van der Waals surface area contributed by atoms with Crippen molar-refractivity contribution < 1.29 is 4.79 Å². The second-order valence-electron chi connectivity index (χ2n) is 4.36. The molecule has 0 aliphatic carbocycles. The molecule has 1 aliphatic heterocycles. The third-order valence-corrected chi connectivity index (χ3v) is 3.17. The fraction of sp³-hybridized carbons (Fsp3) is 0.267. The molecule has 0 spiro atoms. The number of likely N-dealkylation sites (tertiary alicyclic amines) is 1. The highest BCUT2D eigenvalue weighted by Gasteiger charge is 2.23. The van der Waals surface area contributed by atoms with E-state index in [4.69, 9.17) is 10.5 Å².